The second-order valence-electron chi connectivity index (χ2n) is 6.71. The van der Waals surface area contributed by atoms with Crippen molar-refractivity contribution in [2.24, 2.45) is 0 Å². The number of carbonyl (C=O) groups is 1. The molecule has 0 saturated carbocycles. The fourth-order valence-corrected chi connectivity index (χ4v) is 3.15. The van der Waals surface area contributed by atoms with E-state index in [-0.39, 0.29) is 11.6 Å². The average Bonchev–Trinajstić information content (AvgIpc) is 2.70. The summed E-state index contributed by atoms with van der Waals surface area (Å²) in [7, 11) is 3.17. The molecule has 150 valence electrons. The molecule has 0 saturated heterocycles. The molecule has 1 aromatic heterocycles. The lowest BCUT2D eigenvalue weighted by molar-refractivity contribution is 0.102. The van der Waals surface area contributed by atoms with Crippen LogP contribution in [0.15, 0.2) is 42.7 Å². The third kappa shape index (κ3) is 4.63. The van der Waals surface area contributed by atoms with Gasteiger partial charge in [0, 0.05) is 17.8 Å². The van der Waals surface area contributed by atoms with E-state index in [1.807, 2.05) is 32.9 Å². The van der Waals surface area contributed by atoms with Gasteiger partial charge in [0.2, 0.25) is 0 Å². The van der Waals surface area contributed by atoms with E-state index >= 15 is 0 Å². The highest BCUT2D eigenvalue weighted by Crippen LogP contribution is 2.31. The van der Waals surface area contributed by atoms with Crippen LogP contribution in [-0.2, 0) is 0 Å². The number of rotatable bonds is 6. The van der Waals surface area contributed by atoms with Crippen LogP contribution >= 0.6 is 0 Å². The number of anilines is 3. The van der Waals surface area contributed by atoms with Gasteiger partial charge in [-0.3, -0.25) is 4.79 Å². The number of methoxy groups -OCH3 is 2. The number of hydrogen-bond donors (Lipinski definition) is 2. The van der Waals surface area contributed by atoms with Crippen LogP contribution in [0.3, 0.4) is 0 Å². The first-order valence-electron chi connectivity index (χ1n) is 9.11. The van der Waals surface area contributed by atoms with Gasteiger partial charge < -0.3 is 20.1 Å². The number of aromatic nitrogens is 2. The molecule has 0 aliphatic heterocycles. The fraction of sp³-hybridized carbons (Fsp3) is 0.227. The van der Waals surface area contributed by atoms with Crippen molar-refractivity contribution < 1.29 is 14.3 Å². The van der Waals surface area contributed by atoms with E-state index in [2.05, 4.69) is 20.6 Å². The van der Waals surface area contributed by atoms with Crippen molar-refractivity contribution in [1.29, 1.82) is 0 Å². The first-order valence-corrected chi connectivity index (χ1v) is 9.11. The number of ether oxygens (including phenoxy) is 2. The van der Waals surface area contributed by atoms with Crippen molar-refractivity contribution in [2.75, 3.05) is 24.9 Å². The molecule has 1 heterocycles. The molecule has 0 bridgehead atoms. The number of nitrogens with zero attached hydrogens (tertiary/aromatic N) is 2. The van der Waals surface area contributed by atoms with Crippen LogP contribution in [0.25, 0.3) is 0 Å². The van der Waals surface area contributed by atoms with Crippen LogP contribution in [0.5, 0.6) is 11.5 Å². The summed E-state index contributed by atoms with van der Waals surface area (Å²) in [5.74, 6) is 1.46. The normalized spacial score (nSPS) is 10.4. The van der Waals surface area contributed by atoms with Crippen molar-refractivity contribution in [2.45, 2.75) is 20.8 Å². The number of aryl methyl sites for hydroxylation is 3. The molecule has 3 rings (SSSR count). The van der Waals surface area contributed by atoms with Crippen molar-refractivity contribution >= 4 is 23.1 Å². The molecule has 29 heavy (non-hydrogen) atoms. The molecular weight excluding hydrogens is 368 g/mol. The summed E-state index contributed by atoms with van der Waals surface area (Å²) >= 11 is 0. The Morgan fingerprint density at radius 3 is 2.31 bits per heavy atom. The van der Waals surface area contributed by atoms with Gasteiger partial charge in [0.1, 0.15) is 29.3 Å². The summed E-state index contributed by atoms with van der Waals surface area (Å²) in [5.41, 5.74) is 4.88. The van der Waals surface area contributed by atoms with Gasteiger partial charge in [-0.15, -0.1) is 0 Å². The minimum absolute atomic E-state index is 0.253. The van der Waals surface area contributed by atoms with E-state index < -0.39 is 0 Å². The standard InChI is InChI=1S/C22H24N4O3/c1-13-8-14(2)21(15(3)9-13)26-22(27)18-11-20(24-12-23-18)25-17-10-16(28-4)6-7-19(17)29-5/h6-12H,1-5H3,(H,26,27)(H,23,24,25). The van der Waals surface area contributed by atoms with Gasteiger partial charge in [0.25, 0.3) is 5.91 Å². The molecule has 2 aromatic carbocycles. The van der Waals surface area contributed by atoms with Crippen LogP contribution in [-0.4, -0.2) is 30.1 Å². The highest BCUT2D eigenvalue weighted by Gasteiger charge is 2.14. The number of hydrogen-bond acceptors (Lipinski definition) is 6. The van der Waals surface area contributed by atoms with Gasteiger partial charge in [0.05, 0.1) is 19.9 Å². The van der Waals surface area contributed by atoms with Crippen LogP contribution in [0.4, 0.5) is 17.2 Å². The Labute approximate surface area is 170 Å². The lowest BCUT2D eigenvalue weighted by Crippen LogP contribution is -2.16. The molecule has 1 amide bonds. The number of carbonyl (C=O) groups excluding carboxylic acids is 1. The van der Waals surface area contributed by atoms with Crippen LogP contribution in [0.2, 0.25) is 0 Å². The monoisotopic (exact) mass is 392 g/mol. The van der Waals surface area contributed by atoms with Crippen LogP contribution < -0.4 is 20.1 Å². The highest BCUT2D eigenvalue weighted by atomic mass is 16.5. The Morgan fingerprint density at radius 2 is 1.66 bits per heavy atom. The maximum absolute atomic E-state index is 12.8. The third-order valence-electron chi connectivity index (χ3n) is 4.48. The predicted octanol–water partition coefficient (Wildman–Crippen LogP) is 4.41. The predicted molar refractivity (Wildman–Crippen MR) is 113 cm³/mol. The molecule has 0 aliphatic carbocycles. The van der Waals surface area contributed by atoms with Crippen LogP contribution in [0, 0.1) is 20.8 Å². The zero-order valence-corrected chi connectivity index (χ0v) is 17.2. The second kappa shape index (κ2) is 8.60. The third-order valence-corrected chi connectivity index (χ3v) is 4.48. The summed E-state index contributed by atoms with van der Waals surface area (Å²) in [6, 6.07) is 11.0. The molecule has 7 heteroatoms. The van der Waals surface area contributed by atoms with E-state index in [0.29, 0.717) is 23.0 Å². The molecule has 0 aliphatic rings. The van der Waals surface area contributed by atoms with Crippen molar-refractivity contribution in [3.63, 3.8) is 0 Å². The Morgan fingerprint density at radius 1 is 0.931 bits per heavy atom. The maximum atomic E-state index is 12.8. The molecule has 7 nitrogen and oxygen atoms in total. The first kappa shape index (κ1) is 20.1. The molecule has 3 aromatic rings. The van der Waals surface area contributed by atoms with Crippen molar-refractivity contribution in [1.82, 2.24) is 9.97 Å². The summed E-state index contributed by atoms with van der Waals surface area (Å²) in [6.45, 7) is 5.97. The lowest BCUT2D eigenvalue weighted by atomic mass is 10.0. The second-order valence-corrected chi connectivity index (χ2v) is 6.71. The smallest absolute Gasteiger partial charge is 0.274 e. The average molecular weight is 392 g/mol. The Hall–Kier alpha value is -3.61. The Balaban J connectivity index is 1.84. The van der Waals surface area contributed by atoms with Crippen LogP contribution in [0.1, 0.15) is 27.2 Å². The zero-order chi connectivity index (χ0) is 21.0. The summed E-state index contributed by atoms with van der Waals surface area (Å²) in [4.78, 5) is 21.1. The molecule has 0 spiro atoms. The number of nitrogens with one attached hydrogen (secondary N) is 2. The summed E-state index contributed by atoms with van der Waals surface area (Å²) < 4.78 is 10.6. The van der Waals surface area contributed by atoms with Gasteiger partial charge in [-0.05, 0) is 44.0 Å². The molecule has 0 fully saturated rings. The molecule has 2 N–H and O–H groups in total. The highest BCUT2D eigenvalue weighted by molar-refractivity contribution is 6.04. The Kier molecular flexibility index (Phi) is 5.97. The summed E-state index contributed by atoms with van der Waals surface area (Å²) in [6.07, 6.45) is 1.35. The number of amides is 1. The van der Waals surface area contributed by atoms with E-state index in [0.717, 1.165) is 22.4 Å². The van der Waals surface area contributed by atoms with Crippen molar-refractivity contribution in [3.8, 4) is 11.5 Å². The van der Waals surface area contributed by atoms with E-state index in [1.165, 1.54) is 6.33 Å². The Bertz CT molecular complexity index is 1030. The SMILES string of the molecule is COc1ccc(OC)c(Nc2cc(C(=O)Nc3c(C)cc(C)cc3C)ncn2)c1. The van der Waals surface area contributed by atoms with Gasteiger partial charge in [0.15, 0.2) is 0 Å². The van der Waals surface area contributed by atoms with Gasteiger partial charge >= 0.3 is 0 Å². The molecule has 0 atom stereocenters. The molecule has 0 radical (unpaired) electrons. The van der Waals surface area contributed by atoms with E-state index in [1.54, 1.807) is 38.5 Å². The minimum atomic E-state index is -0.303. The minimum Gasteiger partial charge on any atom is -0.497 e. The van der Waals surface area contributed by atoms with Gasteiger partial charge in [-0.1, -0.05) is 17.7 Å². The number of benzene rings is 2. The van der Waals surface area contributed by atoms with Gasteiger partial charge in [-0.2, -0.15) is 0 Å². The largest absolute Gasteiger partial charge is 0.497 e. The lowest BCUT2D eigenvalue weighted by Gasteiger charge is -2.14. The molecular formula is C22H24N4O3. The van der Waals surface area contributed by atoms with E-state index in [9.17, 15) is 4.79 Å². The zero-order valence-electron chi connectivity index (χ0n) is 17.2. The molecule has 0 unspecified atom stereocenters. The van der Waals surface area contributed by atoms with E-state index in [4.69, 9.17) is 9.47 Å². The topological polar surface area (TPSA) is 85.4 Å². The fourth-order valence-electron chi connectivity index (χ4n) is 3.15. The first-order chi connectivity index (χ1) is 13.9. The van der Waals surface area contributed by atoms with Crippen molar-refractivity contribution in [3.05, 3.63) is 65.1 Å². The summed E-state index contributed by atoms with van der Waals surface area (Å²) in [5, 5.41) is 6.10. The van der Waals surface area contributed by atoms with Gasteiger partial charge in [-0.25, -0.2) is 9.97 Å². The maximum Gasteiger partial charge on any atom is 0.274 e. The quantitative estimate of drug-likeness (QED) is 0.646.